The van der Waals surface area contributed by atoms with Gasteiger partial charge in [0.25, 0.3) is 11.8 Å². The first kappa shape index (κ1) is 42.0. The van der Waals surface area contributed by atoms with Gasteiger partial charge in [0.15, 0.2) is 17.3 Å². The molecule has 0 spiro atoms. The minimum Gasteiger partial charge on any atom is -0.359 e. The van der Waals surface area contributed by atoms with Crippen molar-refractivity contribution in [2.45, 2.75) is 46.5 Å². The van der Waals surface area contributed by atoms with Crippen molar-refractivity contribution in [3.63, 3.8) is 0 Å². The van der Waals surface area contributed by atoms with Crippen LogP contribution >= 0.6 is 0 Å². The van der Waals surface area contributed by atoms with E-state index in [9.17, 15) is 24.0 Å². The third-order valence-corrected chi connectivity index (χ3v) is 9.71. The maximum Gasteiger partial charge on any atom is 0.255 e. The number of benzene rings is 5. The van der Waals surface area contributed by atoms with E-state index in [-0.39, 0.29) is 43.0 Å². The highest BCUT2D eigenvalue weighted by molar-refractivity contribution is 6.24. The summed E-state index contributed by atoms with van der Waals surface area (Å²) < 4.78 is 0. The molecule has 5 aliphatic rings. The van der Waals surface area contributed by atoms with E-state index in [1.54, 1.807) is 30.3 Å². The van der Waals surface area contributed by atoms with Crippen molar-refractivity contribution >= 4 is 46.1 Å². The maximum absolute atomic E-state index is 11.3. The molecule has 2 amide bonds. The molecule has 0 aromatic heterocycles. The number of rotatable bonds is 0. The molecule has 0 saturated heterocycles. The Balaban J connectivity index is 0.000000138. The van der Waals surface area contributed by atoms with E-state index in [1.807, 2.05) is 79.7 Å². The number of hydrogen-bond acceptors (Lipinski definition) is 6. The van der Waals surface area contributed by atoms with Gasteiger partial charge in [-0.2, -0.15) is 0 Å². The summed E-state index contributed by atoms with van der Waals surface area (Å²) in [6, 6.07) is 38.7. The van der Waals surface area contributed by atoms with Crippen molar-refractivity contribution in [1.29, 1.82) is 0 Å². The molecular weight excluding hydrogens is 723 g/mol. The van der Waals surface area contributed by atoms with E-state index < -0.39 is 0 Å². The van der Waals surface area contributed by atoms with Crippen LogP contribution in [0.4, 0.5) is 11.4 Å². The van der Waals surface area contributed by atoms with Crippen LogP contribution in [0.25, 0.3) is 5.57 Å². The van der Waals surface area contributed by atoms with Gasteiger partial charge in [0.05, 0.1) is 6.42 Å². The zero-order valence-corrected chi connectivity index (χ0v) is 31.8. The summed E-state index contributed by atoms with van der Waals surface area (Å²) in [7, 11) is 0. The van der Waals surface area contributed by atoms with Gasteiger partial charge in [-0.15, -0.1) is 0 Å². The molecule has 10 rings (SSSR count). The summed E-state index contributed by atoms with van der Waals surface area (Å²) in [6.45, 7) is 13.3. The summed E-state index contributed by atoms with van der Waals surface area (Å²) in [5, 5.41) is 8.68. The summed E-state index contributed by atoms with van der Waals surface area (Å²) in [4.78, 5) is 55.7. The molecule has 0 saturated carbocycles. The molecule has 8 nitrogen and oxygen atoms in total. The average molecular weight is 770 g/mol. The molecule has 0 radical (unpaired) electrons. The molecule has 5 aromatic carbocycles. The van der Waals surface area contributed by atoms with Crippen molar-refractivity contribution in [2.75, 3.05) is 10.6 Å². The SMILES string of the molecule is C.C=C1Cc2ccccc2C(=O)N1.C=C1Cc2ccccc2N1.C=C1Cc2ccccc2NC1=O.CC1=CC(=O)Cc2ccccc21.O=C1CC(=O)c2ccccc21. The Morgan fingerprint density at radius 2 is 0.862 bits per heavy atom. The number of nitrogens with one attached hydrogen (secondary N) is 3. The van der Waals surface area contributed by atoms with E-state index in [1.165, 1.54) is 16.8 Å². The van der Waals surface area contributed by atoms with Gasteiger partial charge in [0.2, 0.25) is 0 Å². The van der Waals surface area contributed by atoms with E-state index in [4.69, 9.17) is 0 Å². The fourth-order valence-corrected chi connectivity index (χ4v) is 6.90. The average Bonchev–Trinajstić information content (AvgIpc) is 3.73. The van der Waals surface area contributed by atoms with Crippen LogP contribution < -0.4 is 16.0 Å². The number of para-hydroxylation sites is 2. The van der Waals surface area contributed by atoms with Crippen LogP contribution in [0.15, 0.2) is 164 Å². The smallest absolute Gasteiger partial charge is 0.255 e. The zero-order valence-electron chi connectivity index (χ0n) is 31.8. The Bertz CT molecular complexity index is 2390. The molecule has 2 aliphatic carbocycles. The van der Waals surface area contributed by atoms with Gasteiger partial charge in [-0.3, -0.25) is 24.0 Å². The highest BCUT2D eigenvalue weighted by Crippen LogP contribution is 2.27. The topological polar surface area (TPSA) is 121 Å². The second-order valence-electron chi connectivity index (χ2n) is 14.0. The van der Waals surface area contributed by atoms with Crippen LogP contribution in [-0.2, 0) is 35.3 Å². The van der Waals surface area contributed by atoms with Gasteiger partial charge in [0, 0.05) is 70.7 Å². The largest absolute Gasteiger partial charge is 0.359 e. The van der Waals surface area contributed by atoms with Crippen LogP contribution in [0.5, 0.6) is 0 Å². The number of carbonyl (C=O) groups is 5. The van der Waals surface area contributed by atoms with E-state index >= 15 is 0 Å². The third-order valence-electron chi connectivity index (χ3n) is 9.71. The van der Waals surface area contributed by atoms with Gasteiger partial charge in [0.1, 0.15) is 0 Å². The summed E-state index contributed by atoms with van der Waals surface area (Å²) in [6.07, 6.45) is 4.75. The summed E-state index contributed by atoms with van der Waals surface area (Å²) >= 11 is 0. The number of fused-ring (bicyclic) bond motifs is 5. The second-order valence-corrected chi connectivity index (χ2v) is 14.0. The lowest BCUT2D eigenvalue weighted by Crippen LogP contribution is -2.29. The van der Waals surface area contributed by atoms with Gasteiger partial charge in [-0.05, 0) is 64.6 Å². The van der Waals surface area contributed by atoms with Gasteiger partial charge in [-0.1, -0.05) is 130 Å². The molecule has 3 heterocycles. The van der Waals surface area contributed by atoms with Gasteiger partial charge in [-0.25, -0.2) is 0 Å². The van der Waals surface area contributed by atoms with Gasteiger partial charge >= 0.3 is 0 Å². The van der Waals surface area contributed by atoms with Crippen molar-refractivity contribution in [3.05, 3.63) is 209 Å². The van der Waals surface area contributed by atoms with E-state index in [0.29, 0.717) is 29.5 Å². The fourth-order valence-electron chi connectivity index (χ4n) is 6.90. The highest BCUT2D eigenvalue weighted by atomic mass is 16.2. The number of anilines is 2. The quantitative estimate of drug-likeness (QED) is 0.107. The molecule has 5 aromatic rings. The molecule has 0 unspecified atom stereocenters. The minimum atomic E-state index is -0.0614. The third kappa shape index (κ3) is 10.4. The maximum atomic E-state index is 11.3. The van der Waals surface area contributed by atoms with Gasteiger partial charge < -0.3 is 16.0 Å². The lowest BCUT2D eigenvalue weighted by molar-refractivity contribution is -0.114. The van der Waals surface area contributed by atoms with Crippen LogP contribution in [0.1, 0.15) is 79.7 Å². The first-order chi connectivity index (χ1) is 27.5. The Morgan fingerprint density at radius 3 is 1.45 bits per heavy atom. The van der Waals surface area contributed by atoms with Crippen molar-refractivity contribution in [1.82, 2.24) is 5.32 Å². The first-order valence-corrected chi connectivity index (χ1v) is 18.6. The highest BCUT2D eigenvalue weighted by Gasteiger charge is 2.26. The molecule has 3 aliphatic heterocycles. The first-order valence-electron chi connectivity index (χ1n) is 18.6. The molecule has 58 heavy (non-hydrogen) atoms. The monoisotopic (exact) mass is 769 g/mol. The molecule has 0 fully saturated rings. The normalized spacial score (nSPS) is 14.9. The Labute approximate surface area is 340 Å². The Morgan fingerprint density at radius 1 is 0.431 bits per heavy atom. The number of amides is 2. The molecule has 3 N–H and O–H groups in total. The molecular formula is C50H47N3O5. The van der Waals surface area contributed by atoms with Crippen molar-refractivity contribution in [3.8, 4) is 0 Å². The van der Waals surface area contributed by atoms with Crippen molar-refractivity contribution in [2.24, 2.45) is 0 Å². The second kappa shape index (κ2) is 19.1. The van der Waals surface area contributed by atoms with Crippen LogP contribution in [-0.4, -0.2) is 29.2 Å². The van der Waals surface area contributed by atoms with Crippen LogP contribution in [0.2, 0.25) is 0 Å². The van der Waals surface area contributed by atoms with Crippen LogP contribution in [0.3, 0.4) is 0 Å². The van der Waals surface area contributed by atoms with Crippen LogP contribution in [0, 0.1) is 0 Å². The number of hydrogen-bond donors (Lipinski definition) is 3. The van der Waals surface area contributed by atoms with E-state index in [2.05, 4.69) is 60.0 Å². The minimum absolute atomic E-state index is 0. The zero-order chi connectivity index (χ0) is 40.5. The van der Waals surface area contributed by atoms with E-state index in [0.717, 1.165) is 57.8 Å². The van der Waals surface area contributed by atoms with Crippen molar-refractivity contribution < 1.29 is 24.0 Å². The molecule has 8 heteroatoms. The molecule has 0 bridgehead atoms. The fraction of sp³-hybridized carbons (Fsp3) is 0.140. The number of allylic oxidation sites excluding steroid dienone is 4. The number of carbonyl (C=O) groups excluding carboxylic acids is 5. The Hall–Kier alpha value is -7.19. The molecule has 0 atom stereocenters. The lowest BCUT2D eigenvalue weighted by atomic mass is 9.91. The predicted octanol–water partition coefficient (Wildman–Crippen LogP) is 9.70. The lowest BCUT2D eigenvalue weighted by Gasteiger charge is -2.17. The number of Topliss-reactive ketones (excluding diaryl/α,β-unsaturated/α-hetero) is 2. The number of ketones is 3. The summed E-state index contributed by atoms with van der Waals surface area (Å²) in [5.74, 6) is 0.0120. The Kier molecular flexibility index (Phi) is 13.8. The molecule has 292 valence electrons. The predicted molar refractivity (Wildman–Crippen MR) is 233 cm³/mol. The standard InChI is InChI=1S/C11H10O.2C10H9NO.C9H9N.C9H6O2.CH4/c1-8-6-10(12)7-9-4-2-3-5-11(8)9;1-7-6-8-4-2-3-5-9(8)10(12)11-7;1-7-6-8-4-2-3-5-9(8)11-10(7)12;1-7-6-8-4-2-3-5-9(8)10-7;10-8-5-9(11)7-4-2-1-3-6(7)8;/h2-6H,7H2,1H3;2*2-5H,1,6H2,(H,11,12);2-5,10H,1,6H2;1-4H,5H2;1H4. The summed E-state index contributed by atoms with van der Waals surface area (Å²) in [5.41, 5.74) is 13.6.